The number of ether oxygens (including phenoxy) is 3. The summed E-state index contributed by atoms with van der Waals surface area (Å²) in [6.07, 6.45) is 5.87. The molecule has 0 amide bonds. The number of aryl methyl sites for hydroxylation is 1. The lowest BCUT2D eigenvalue weighted by molar-refractivity contribution is 0.0728. The third-order valence-corrected chi connectivity index (χ3v) is 5.66. The van der Waals surface area contributed by atoms with E-state index in [1.807, 2.05) is 12.1 Å². The largest absolute Gasteiger partial charge is 0.493 e. The number of hydrogen-bond donors (Lipinski definition) is 0. The Morgan fingerprint density at radius 3 is 2.09 bits per heavy atom. The second kappa shape index (κ2) is 12.2. The molecule has 0 aliphatic rings. The van der Waals surface area contributed by atoms with Crippen LogP contribution in [0.3, 0.4) is 0 Å². The maximum atomic E-state index is 12.6. The number of carbonyl (C=O) groups is 2. The van der Waals surface area contributed by atoms with E-state index >= 15 is 0 Å². The van der Waals surface area contributed by atoms with E-state index in [4.69, 9.17) is 14.2 Å². The standard InChI is InChI=1S/C27H27BrO5/c1-3-4-5-6-7-19-8-15-23(16-9-19)32-27(30)21-12-17-24(25(18-21)31-2)33-26(29)20-10-13-22(28)14-11-20/h8-18H,3-7H2,1-2H3. The zero-order valence-electron chi connectivity index (χ0n) is 18.8. The first-order chi connectivity index (χ1) is 16.0. The minimum Gasteiger partial charge on any atom is -0.493 e. The molecule has 0 heterocycles. The quantitative estimate of drug-likeness (QED) is 0.166. The molecule has 3 aromatic carbocycles. The highest BCUT2D eigenvalue weighted by atomic mass is 79.9. The van der Waals surface area contributed by atoms with E-state index in [0.29, 0.717) is 16.9 Å². The molecule has 0 N–H and O–H groups in total. The van der Waals surface area contributed by atoms with Crippen molar-refractivity contribution in [3.05, 3.63) is 87.9 Å². The first kappa shape index (κ1) is 24.5. The number of esters is 2. The minimum atomic E-state index is -0.522. The van der Waals surface area contributed by atoms with Gasteiger partial charge in [0, 0.05) is 4.47 Å². The second-order valence-electron chi connectivity index (χ2n) is 7.61. The van der Waals surface area contributed by atoms with E-state index in [2.05, 4.69) is 22.9 Å². The lowest BCUT2D eigenvalue weighted by Crippen LogP contribution is -2.11. The van der Waals surface area contributed by atoms with Gasteiger partial charge in [0.05, 0.1) is 18.2 Å². The van der Waals surface area contributed by atoms with Gasteiger partial charge < -0.3 is 14.2 Å². The highest BCUT2D eigenvalue weighted by Gasteiger charge is 2.16. The Bertz CT molecular complexity index is 1070. The molecule has 5 nitrogen and oxygen atoms in total. The Morgan fingerprint density at radius 1 is 0.758 bits per heavy atom. The van der Waals surface area contributed by atoms with Crippen molar-refractivity contribution in [1.82, 2.24) is 0 Å². The number of hydrogen-bond acceptors (Lipinski definition) is 5. The lowest BCUT2D eigenvalue weighted by atomic mass is 10.1. The SMILES string of the molecule is CCCCCCc1ccc(OC(=O)c2ccc(OC(=O)c3ccc(Br)cc3)c(OC)c2)cc1. The molecular formula is C27H27BrO5. The zero-order valence-corrected chi connectivity index (χ0v) is 20.4. The van der Waals surface area contributed by atoms with Gasteiger partial charge in [0.15, 0.2) is 11.5 Å². The summed E-state index contributed by atoms with van der Waals surface area (Å²) in [7, 11) is 1.45. The Kier molecular flexibility index (Phi) is 9.07. The minimum absolute atomic E-state index is 0.217. The molecule has 0 radical (unpaired) electrons. The zero-order chi connectivity index (χ0) is 23.6. The van der Waals surface area contributed by atoms with Crippen molar-refractivity contribution in [3.8, 4) is 17.2 Å². The van der Waals surface area contributed by atoms with Gasteiger partial charge in [-0.2, -0.15) is 0 Å². The Hall–Kier alpha value is -3.12. The molecule has 0 bridgehead atoms. The Labute approximate surface area is 202 Å². The van der Waals surface area contributed by atoms with Crippen LogP contribution in [0.2, 0.25) is 0 Å². The first-order valence-corrected chi connectivity index (χ1v) is 11.8. The Balaban J connectivity index is 1.63. The smallest absolute Gasteiger partial charge is 0.343 e. The van der Waals surface area contributed by atoms with E-state index in [1.54, 1.807) is 36.4 Å². The van der Waals surface area contributed by atoms with Crippen LogP contribution >= 0.6 is 15.9 Å². The highest BCUT2D eigenvalue weighted by Crippen LogP contribution is 2.29. The summed E-state index contributed by atoms with van der Waals surface area (Å²) in [5.74, 6) is -0.0885. The fourth-order valence-electron chi connectivity index (χ4n) is 3.27. The molecule has 0 aliphatic carbocycles. The monoisotopic (exact) mass is 510 g/mol. The van der Waals surface area contributed by atoms with Crippen molar-refractivity contribution < 1.29 is 23.8 Å². The predicted octanol–water partition coefficient (Wildman–Crippen LogP) is 7.02. The van der Waals surface area contributed by atoms with Crippen molar-refractivity contribution in [2.24, 2.45) is 0 Å². The molecular weight excluding hydrogens is 484 g/mol. The van der Waals surface area contributed by atoms with E-state index in [0.717, 1.165) is 17.3 Å². The normalized spacial score (nSPS) is 10.5. The van der Waals surface area contributed by atoms with Gasteiger partial charge in [-0.1, -0.05) is 54.2 Å². The molecule has 6 heteroatoms. The summed E-state index contributed by atoms with van der Waals surface area (Å²) in [6.45, 7) is 2.20. The van der Waals surface area contributed by atoms with Gasteiger partial charge in [-0.15, -0.1) is 0 Å². The summed E-state index contributed by atoms with van der Waals surface area (Å²) in [5, 5.41) is 0. The van der Waals surface area contributed by atoms with Crippen LogP contribution in [0.15, 0.2) is 71.2 Å². The molecule has 0 aliphatic heterocycles. The summed E-state index contributed by atoms with van der Waals surface area (Å²) in [5.41, 5.74) is 1.92. The van der Waals surface area contributed by atoms with Gasteiger partial charge in [0.2, 0.25) is 0 Å². The van der Waals surface area contributed by atoms with E-state index in [-0.39, 0.29) is 11.5 Å². The van der Waals surface area contributed by atoms with Crippen molar-refractivity contribution in [1.29, 1.82) is 0 Å². The van der Waals surface area contributed by atoms with Crippen molar-refractivity contribution >= 4 is 27.9 Å². The van der Waals surface area contributed by atoms with Crippen molar-refractivity contribution in [2.75, 3.05) is 7.11 Å². The van der Waals surface area contributed by atoms with Crippen LogP contribution in [0, 0.1) is 0 Å². The topological polar surface area (TPSA) is 61.8 Å². The van der Waals surface area contributed by atoms with Gasteiger partial charge in [0.25, 0.3) is 0 Å². The van der Waals surface area contributed by atoms with E-state index in [1.165, 1.54) is 50.1 Å². The molecule has 3 aromatic rings. The van der Waals surface area contributed by atoms with Crippen LogP contribution in [0.5, 0.6) is 17.2 Å². The van der Waals surface area contributed by atoms with Crippen molar-refractivity contribution in [2.45, 2.75) is 39.0 Å². The molecule has 33 heavy (non-hydrogen) atoms. The maximum Gasteiger partial charge on any atom is 0.343 e. The number of carbonyl (C=O) groups excluding carboxylic acids is 2. The number of unbranched alkanes of at least 4 members (excludes halogenated alkanes) is 3. The van der Waals surface area contributed by atoms with Crippen LogP contribution < -0.4 is 14.2 Å². The predicted molar refractivity (Wildman–Crippen MR) is 131 cm³/mol. The van der Waals surface area contributed by atoms with Gasteiger partial charge in [-0.25, -0.2) is 9.59 Å². The fraction of sp³-hybridized carbons (Fsp3) is 0.259. The molecule has 0 atom stereocenters. The average Bonchev–Trinajstić information content (AvgIpc) is 2.83. The van der Waals surface area contributed by atoms with Gasteiger partial charge >= 0.3 is 11.9 Å². The third kappa shape index (κ3) is 7.19. The second-order valence-corrected chi connectivity index (χ2v) is 8.52. The Morgan fingerprint density at radius 2 is 1.42 bits per heavy atom. The van der Waals surface area contributed by atoms with Gasteiger partial charge in [-0.05, 0) is 73.0 Å². The number of halogens is 1. The number of rotatable bonds is 10. The molecule has 172 valence electrons. The molecule has 0 aromatic heterocycles. The maximum absolute atomic E-state index is 12.6. The molecule has 0 spiro atoms. The van der Waals surface area contributed by atoms with Crippen LogP contribution in [0.4, 0.5) is 0 Å². The molecule has 0 unspecified atom stereocenters. The lowest BCUT2D eigenvalue weighted by Gasteiger charge is -2.11. The summed E-state index contributed by atoms with van der Waals surface area (Å²) in [4.78, 5) is 25.0. The van der Waals surface area contributed by atoms with Crippen molar-refractivity contribution in [3.63, 3.8) is 0 Å². The van der Waals surface area contributed by atoms with Gasteiger partial charge in [-0.3, -0.25) is 0 Å². The van der Waals surface area contributed by atoms with Crippen LogP contribution in [0.25, 0.3) is 0 Å². The molecule has 0 saturated carbocycles. The van der Waals surface area contributed by atoms with Gasteiger partial charge in [0.1, 0.15) is 5.75 Å². The first-order valence-electron chi connectivity index (χ1n) is 11.0. The molecule has 3 rings (SSSR count). The summed E-state index contributed by atoms with van der Waals surface area (Å²) in [6, 6.07) is 19.0. The van der Waals surface area contributed by atoms with Crippen LogP contribution in [0.1, 0.15) is 58.9 Å². The van der Waals surface area contributed by atoms with Crippen LogP contribution in [-0.4, -0.2) is 19.0 Å². The summed E-state index contributed by atoms with van der Waals surface area (Å²) < 4.78 is 17.1. The van der Waals surface area contributed by atoms with E-state index in [9.17, 15) is 9.59 Å². The average molecular weight is 511 g/mol. The summed E-state index contributed by atoms with van der Waals surface area (Å²) >= 11 is 3.33. The molecule has 0 saturated heterocycles. The number of benzene rings is 3. The van der Waals surface area contributed by atoms with Crippen LogP contribution in [-0.2, 0) is 6.42 Å². The number of methoxy groups -OCH3 is 1. The highest BCUT2D eigenvalue weighted by molar-refractivity contribution is 9.10. The fourth-order valence-corrected chi connectivity index (χ4v) is 3.53. The molecule has 0 fully saturated rings. The van der Waals surface area contributed by atoms with E-state index < -0.39 is 11.9 Å². The third-order valence-electron chi connectivity index (χ3n) is 5.13.